The largest absolute Gasteiger partial charge is 0.496 e. The average Bonchev–Trinajstić information content (AvgIpc) is 3.02. The maximum atomic E-state index is 6.44. The molecule has 45 heavy (non-hydrogen) atoms. The lowest BCUT2D eigenvalue weighted by molar-refractivity contribution is 0.275. The van der Waals surface area contributed by atoms with Gasteiger partial charge >= 0.3 is 0 Å². The lowest BCUT2D eigenvalue weighted by Crippen LogP contribution is -2.07. The second-order valence-corrected chi connectivity index (χ2v) is 12.6. The van der Waals surface area contributed by atoms with Gasteiger partial charge in [-0.15, -0.1) is 0 Å². The molecule has 0 radical (unpaired) electrons. The van der Waals surface area contributed by atoms with Gasteiger partial charge in [-0.1, -0.05) is 113 Å². The quantitative estimate of drug-likeness (QED) is 0.143. The first kappa shape index (κ1) is 35.3. The van der Waals surface area contributed by atoms with Crippen LogP contribution in [-0.4, -0.2) is 41.9 Å². The van der Waals surface area contributed by atoms with E-state index >= 15 is 0 Å². The second kappa shape index (κ2) is 18.6. The van der Waals surface area contributed by atoms with Gasteiger partial charge in [0.1, 0.15) is 11.5 Å². The van der Waals surface area contributed by atoms with E-state index in [1.807, 2.05) is 0 Å². The Balaban J connectivity index is 1.77. The number of benzene rings is 3. The third kappa shape index (κ3) is 12.4. The monoisotopic (exact) mass is 606 g/mol. The molecular formula is C41H54N2O2. The Morgan fingerprint density at radius 3 is 1.53 bits per heavy atom. The van der Waals surface area contributed by atoms with Crippen molar-refractivity contribution in [3.8, 4) is 11.5 Å². The Hall–Kier alpha value is -4.18. The van der Waals surface area contributed by atoms with Gasteiger partial charge in [-0.05, 0) is 65.8 Å². The summed E-state index contributed by atoms with van der Waals surface area (Å²) in [4.78, 5) is 4.21. The third-order valence-corrected chi connectivity index (χ3v) is 7.88. The molecule has 0 saturated carbocycles. The minimum atomic E-state index is 0.638. The summed E-state index contributed by atoms with van der Waals surface area (Å²) in [7, 11) is 9.93. The summed E-state index contributed by atoms with van der Waals surface area (Å²) in [6.07, 6.45) is 21.5. The Morgan fingerprint density at radius 2 is 1.07 bits per heavy atom. The highest BCUT2D eigenvalue weighted by atomic mass is 16.5. The molecule has 240 valence electrons. The van der Waals surface area contributed by atoms with E-state index in [-0.39, 0.29) is 0 Å². The molecule has 0 saturated heterocycles. The number of hydrogen-bond acceptors (Lipinski definition) is 4. The van der Waals surface area contributed by atoms with E-state index in [0.29, 0.717) is 12.5 Å². The summed E-state index contributed by atoms with van der Waals surface area (Å²) >= 11 is 0. The van der Waals surface area contributed by atoms with Gasteiger partial charge in [-0.25, -0.2) is 0 Å². The van der Waals surface area contributed by atoms with Gasteiger partial charge in [0.2, 0.25) is 0 Å². The number of hydrogen-bond donors (Lipinski definition) is 0. The fourth-order valence-electron chi connectivity index (χ4n) is 4.96. The molecule has 3 aromatic rings. The lowest BCUT2D eigenvalue weighted by Gasteiger charge is -2.16. The van der Waals surface area contributed by atoms with Crippen molar-refractivity contribution in [1.82, 2.24) is 0 Å². The van der Waals surface area contributed by atoms with E-state index in [2.05, 4.69) is 168 Å². The normalized spacial score (nSPS) is 12.6. The summed E-state index contributed by atoms with van der Waals surface area (Å²) in [5.74, 6) is 3.08. The molecule has 0 bridgehead atoms. The Bertz CT molecular complexity index is 1410. The van der Waals surface area contributed by atoms with Crippen LogP contribution in [0.2, 0.25) is 0 Å². The number of allylic oxidation sites excluding steroid dienone is 4. The minimum Gasteiger partial charge on any atom is -0.496 e. The summed E-state index contributed by atoms with van der Waals surface area (Å²) < 4.78 is 12.3. The number of anilines is 2. The molecule has 0 aromatic heterocycles. The van der Waals surface area contributed by atoms with Crippen molar-refractivity contribution >= 4 is 35.7 Å². The smallest absolute Gasteiger partial charge is 0.127 e. The van der Waals surface area contributed by atoms with E-state index in [9.17, 15) is 0 Å². The van der Waals surface area contributed by atoms with Gasteiger partial charge in [0, 0.05) is 50.7 Å². The molecule has 1 atom stereocenters. The number of nitrogens with zero attached hydrogens (tertiary/aromatic N) is 2. The van der Waals surface area contributed by atoms with Gasteiger partial charge in [-0.3, -0.25) is 0 Å². The van der Waals surface area contributed by atoms with Crippen LogP contribution in [0.25, 0.3) is 24.3 Å². The van der Waals surface area contributed by atoms with Crippen molar-refractivity contribution < 1.29 is 9.47 Å². The summed E-state index contributed by atoms with van der Waals surface area (Å²) in [5.41, 5.74) is 6.68. The molecule has 0 heterocycles. The Morgan fingerprint density at radius 1 is 0.600 bits per heavy atom. The molecule has 0 aliphatic heterocycles. The standard InChI is InChI=1S/C41H54N2O2/c1-32(2)14-13-15-33(3)28-29-45-41-31-36(18-11-9-16-34-20-24-38(25-21-34)42(4)5)40(44-8)30-37(41)19-12-10-17-35-22-26-39(27-23-35)43(6)7/h9-12,16-27,30-33H,13-15,28-29H2,1-8H3/b16-9+,17-10+,18-11+,19-12+. The highest BCUT2D eigenvalue weighted by Crippen LogP contribution is 2.32. The zero-order chi connectivity index (χ0) is 32.6. The predicted molar refractivity (Wildman–Crippen MR) is 199 cm³/mol. The van der Waals surface area contributed by atoms with Crippen LogP contribution in [0.15, 0.2) is 85.0 Å². The average molecular weight is 607 g/mol. The van der Waals surface area contributed by atoms with Gasteiger partial charge < -0.3 is 19.3 Å². The van der Waals surface area contributed by atoms with Gasteiger partial charge in [0.25, 0.3) is 0 Å². The van der Waals surface area contributed by atoms with E-state index in [0.717, 1.165) is 46.1 Å². The van der Waals surface area contributed by atoms with Crippen LogP contribution < -0.4 is 19.3 Å². The molecule has 3 aromatic carbocycles. The topological polar surface area (TPSA) is 24.9 Å². The van der Waals surface area contributed by atoms with E-state index in [1.54, 1.807) is 7.11 Å². The molecular weight excluding hydrogens is 552 g/mol. The SMILES string of the molecule is COc1cc(/C=C/C=C/c2ccc(N(C)C)cc2)c(OCCC(C)CCCC(C)C)cc1/C=C/C=C/c1ccc(N(C)C)cc1. The Kier molecular flexibility index (Phi) is 14.6. The summed E-state index contributed by atoms with van der Waals surface area (Å²) in [6.45, 7) is 7.62. The minimum absolute atomic E-state index is 0.638. The van der Waals surface area contributed by atoms with Crippen molar-refractivity contribution in [2.75, 3.05) is 51.7 Å². The maximum absolute atomic E-state index is 6.44. The molecule has 0 aliphatic carbocycles. The molecule has 1 unspecified atom stereocenters. The predicted octanol–water partition coefficient (Wildman–Crippen LogP) is 10.5. The first-order chi connectivity index (χ1) is 21.7. The van der Waals surface area contributed by atoms with Crippen molar-refractivity contribution in [2.24, 2.45) is 11.8 Å². The van der Waals surface area contributed by atoms with Crippen LogP contribution in [0.3, 0.4) is 0 Å². The van der Waals surface area contributed by atoms with Gasteiger partial charge in [0.15, 0.2) is 0 Å². The summed E-state index contributed by atoms with van der Waals surface area (Å²) in [5, 5.41) is 0. The van der Waals surface area contributed by atoms with Crippen LogP contribution in [0.4, 0.5) is 11.4 Å². The van der Waals surface area contributed by atoms with Crippen molar-refractivity contribution in [3.05, 3.63) is 107 Å². The van der Waals surface area contributed by atoms with Crippen LogP contribution in [0, 0.1) is 11.8 Å². The molecule has 0 fully saturated rings. The molecule has 4 heteroatoms. The molecule has 3 rings (SSSR count). The molecule has 4 nitrogen and oxygen atoms in total. The van der Waals surface area contributed by atoms with E-state index in [1.165, 1.54) is 30.6 Å². The van der Waals surface area contributed by atoms with Crippen LogP contribution in [0.1, 0.15) is 68.7 Å². The lowest BCUT2D eigenvalue weighted by atomic mass is 9.98. The van der Waals surface area contributed by atoms with Gasteiger partial charge in [-0.2, -0.15) is 0 Å². The number of methoxy groups -OCH3 is 1. The number of rotatable bonds is 17. The fraction of sp³-hybridized carbons (Fsp3) is 0.366. The first-order valence-corrected chi connectivity index (χ1v) is 16.3. The van der Waals surface area contributed by atoms with Crippen LogP contribution in [-0.2, 0) is 0 Å². The van der Waals surface area contributed by atoms with E-state index < -0.39 is 0 Å². The molecule has 0 amide bonds. The van der Waals surface area contributed by atoms with Crippen LogP contribution in [0.5, 0.6) is 11.5 Å². The second-order valence-electron chi connectivity index (χ2n) is 12.6. The van der Waals surface area contributed by atoms with Crippen molar-refractivity contribution in [1.29, 1.82) is 0 Å². The third-order valence-electron chi connectivity index (χ3n) is 7.88. The maximum Gasteiger partial charge on any atom is 0.127 e. The molecule has 0 spiro atoms. The highest BCUT2D eigenvalue weighted by Gasteiger charge is 2.10. The van der Waals surface area contributed by atoms with Crippen molar-refractivity contribution in [3.63, 3.8) is 0 Å². The summed E-state index contributed by atoms with van der Waals surface area (Å²) in [6, 6.07) is 21.2. The highest BCUT2D eigenvalue weighted by molar-refractivity contribution is 5.70. The van der Waals surface area contributed by atoms with Crippen LogP contribution >= 0.6 is 0 Å². The van der Waals surface area contributed by atoms with Gasteiger partial charge in [0.05, 0.1) is 13.7 Å². The van der Waals surface area contributed by atoms with Crippen molar-refractivity contribution in [2.45, 2.75) is 46.5 Å². The zero-order valence-electron chi connectivity index (χ0n) is 28.8. The zero-order valence-corrected chi connectivity index (χ0v) is 28.8. The Labute approximate surface area is 273 Å². The first-order valence-electron chi connectivity index (χ1n) is 16.3. The van der Waals surface area contributed by atoms with E-state index in [4.69, 9.17) is 9.47 Å². The molecule has 0 aliphatic rings. The molecule has 0 N–H and O–H groups in total. The number of ether oxygens (including phenoxy) is 2. The fourth-order valence-corrected chi connectivity index (χ4v) is 4.96.